The third-order valence-electron chi connectivity index (χ3n) is 2.40. The van der Waals surface area contributed by atoms with Crippen molar-refractivity contribution < 1.29 is 8.78 Å². The van der Waals surface area contributed by atoms with Gasteiger partial charge in [0.2, 0.25) is 0 Å². The molecule has 3 nitrogen and oxygen atoms in total. The van der Waals surface area contributed by atoms with Gasteiger partial charge in [0.25, 0.3) is 0 Å². The first kappa shape index (κ1) is 11.7. The molecule has 0 amide bonds. The average molecular weight is 237 g/mol. The highest BCUT2D eigenvalue weighted by Gasteiger charge is 2.13. The molecule has 1 N–H and O–H groups in total. The van der Waals surface area contributed by atoms with Gasteiger partial charge in [0.15, 0.2) is 11.6 Å². The van der Waals surface area contributed by atoms with E-state index in [1.807, 2.05) is 6.92 Å². The average Bonchev–Trinajstić information content (AvgIpc) is 2.64. The summed E-state index contributed by atoms with van der Waals surface area (Å²) in [6.45, 7) is 2.24. The Hall–Kier alpha value is -1.75. The van der Waals surface area contributed by atoms with Crippen LogP contribution < -0.4 is 5.32 Å². The van der Waals surface area contributed by atoms with Gasteiger partial charge in [-0.25, -0.2) is 13.5 Å². The first-order valence-electron chi connectivity index (χ1n) is 5.26. The molecule has 1 aromatic carbocycles. The number of rotatable bonds is 3. The molecule has 0 atom stereocenters. The van der Waals surface area contributed by atoms with Crippen LogP contribution in [0.5, 0.6) is 0 Å². The lowest BCUT2D eigenvalue weighted by Crippen LogP contribution is -2.08. The number of hydrogen-bond donors (Lipinski definition) is 1. The van der Waals surface area contributed by atoms with E-state index >= 15 is 0 Å². The molecule has 0 saturated heterocycles. The fourth-order valence-electron chi connectivity index (χ4n) is 1.68. The van der Waals surface area contributed by atoms with E-state index in [2.05, 4.69) is 10.4 Å². The van der Waals surface area contributed by atoms with Crippen LogP contribution in [0.3, 0.4) is 0 Å². The molecule has 0 unspecified atom stereocenters. The Morgan fingerprint density at radius 1 is 1.29 bits per heavy atom. The fourth-order valence-corrected chi connectivity index (χ4v) is 1.68. The maximum absolute atomic E-state index is 13.8. The number of benzene rings is 1. The molecule has 2 rings (SSSR count). The Kier molecular flexibility index (Phi) is 3.19. The number of halogens is 2. The maximum atomic E-state index is 13.8. The normalized spacial score (nSPS) is 10.8. The SMILES string of the molecule is CNCc1cc(F)c(-n2cc(C)cn2)c(F)c1. The third kappa shape index (κ3) is 2.34. The van der Waals surface area contributed by atoms with Gasteiger partial charge in [-0.3, -0.25) is 0 Å². The van der Waals surface area contributed by atoms with Gasteiger partial charge >= 0.3 is 0 Å². The monoisotopic (exact) mass is 237 g/mol. The molecule has 17 heavy (non-hydrogen) atoms. The highest BCUT2D eigenvalue weighted by Crippen LogP contribution is 2.19. The molecule has 1 aromatic heterocycles. The van der Waals surface area contributed by atoms with Gasteiger partial charge in [-0.15, -0.1) is 0 Å². The predicted molar refractivity (Wildman–Crippen MR) is 61.0 cm³/mol. The summed E-state index contributed by atoms with van der Waals surface area (Å²) >= 11 is 0. The van der Waals surface area contributed by atoms with Crippen molar-refractivity contribution in [1.82, 2.24) is 15.1 Å². The minimum atomic E-state index is -0.613. The molecule has 0 saturated carbocycles. The lowest BCUT2D eigenvalue weighted by molar-refractivity contribution is 0.555. The van der Waals surface area contributed by atoms with Gasteiger partial charge in [0.05, 0.1) is 6.20 Å². The van der Waals surface area contributed by atoms with Crippen LogP contribution in [0.1, 0.15) is 11.1 Å². The summed E-state index contributed by atoms with van der Waals surface area (Å²) in [5, 5.41) is 6.75. The Bertz CT molecular complexity index is 511. The van der Waals surface area contributed by atoms with Crippen LogP contribution in [0.4, 0.5) is 8.78 Å². The third-order valence-corrected chi connectivity index (χ3v) is 2.40. The van der Waals surface area contributed by atoms with Gasteiger partial charge in [-0.1, -0.05) is 0 Å². The highest BCUT2D eigenvalue weighted by atomic mass is 19.1. The van der Waals surface area contributed by atoms with Crippen LogP contribution in [-0.4, -0.2) is 16.8 Å². The second-order valence-electron chi connectivity index (χ2n) is 3.90. The standard InChI is InChI=1S/C12H13F2N3/c1-8-5-16-17(7-8)12-10(13)3-9(6-15-2)4-11(12)14/h3-5,7,15H,6H2,1-2H3. The summed E-state index contributed by atoms with van der Waals surface area (Å²) < 4.78 is 28.8. The van der Waals surface area contributed by atoms with E-state index < -0.39 is 11.6 Å². The zero-order valence-electron chi connectivity index (χ0n) is 9.67. The summed E-state index contributed by atoms with van der Waals surface area (Å²) in [7, 11) is 1.72. The summed E-state index contributed by atoms with van der Waals surface area (Å²) in [6.07, 6.45) is 3.14. The van der Waals surface area contributed by atoms with E-state index in [9.17, 15) is 8.78 Å². The van der Waals surface area contributed by atoms with Crippen molar-refractivity contribution in [3.05, 3.63) is 47.3 Å². The number of hydrogen-bond acceptors (Lipinski definition) is 2. The van der Waals surface area contributed by atoms with Crippen molar-refractivity contribution in [3.8, 4) is 5.69 Å². The number of nitrogens with one attached hydrogen (secondary N) is 1. The molecule has 0 fully saturated rings. The largest absolute Gasteiger partial charge is 0.316 e. The fraction of sp³-hybridized carbons (Fsp3) is 0.250. The van der Waals surface area contributed by atoms with Crippen molar-refractivity contribution in [1.29, 1.82) is 0 Å². The Labute approximate surface area is 98.1 Å². The van der Waals surface area contributed by atoms with E-state index in [4.69, 9.17) is 0 Å². The molecule has 90 valence electrons. The number of aromatic nitrogens is 2. The summed E-state index contributed by atoms with van der Waals surface area (Å²) in [5.41, 5.74) is 1.27. The van der Waals surface area contributed by atoms with Crippen LogP contribution in [0.2, 0.25) is 0 Å². The van der Waals surface area contributed by atoms with Crippen molar-refractivity contribution in [2.24, 2.45) is 0 Å². The zero-order chi connectivity index (χ0) is 12.4. The van der Waals surface area contributed by atoms with Crippen LogP contribution in [0.15, 0.2) is 24.5 Å². The van der Waals surface area contributed by atoms with E-state index in [0.29, 0.717) is 12.1 Å². The van der Waals surface area contributed by atoms with E-state index in [1.54, 1.807) is 19.4 Å². The van der Waals surface area contributed by atoms with Gasteiger partial charge in [-0.2, -0.15) is 5.10 Å². The van der Waals surface area contributed by atoms with Crippen molar-refractivity contribution in [3.63, 3.8) is 0 Å². The predicted octanol–water partition coefficient (Wildman–Crippen LogP) is 2.18. The molecule has 0 radical (unpaired) electrons. The summed E-state index contributed by atoms with van der Waals surface area (Å²) in [6, 6.07) is 2.62. The molecule has 5 heteroatoms. The van der Waals surface area contributed by atoms with Crippen molar-refractivity contribution >= 4 is 0 Å². The molecule has 0 aliphatic heterocycles. The van der Waals surface area contributed by atoms with Gasteiger partial charge in [0, 0.05) is 12.7 Å². The number of aryl methyl sites for hydroxylation is 1. The second kappa shape index (κ2) is 4.63. The molecular weight excluding hydrogens is 224 g/mol. The smallest absolute Gasteiger partial charge is 0.152 e. The van der Waals surface area contributed by atoms with Gasteiger partial charge in [-0.05, 0) is 37.2 Å². The molecule has 0 aliphatic carbocycles. The first-order valence-corrected chi connectivity index (χ1v) is 5.26. The minimum absolute atomic E-state index is 0.141. The van der Waals surface area contributed by atoms with E-state index in [0.717, 1.165) is 5.56 Å². The first-order chi connectivity index (χ1) is 8.11. The van der Waals surface area contributed by atoms with E-state index in [1.165, 1.54) is 16.8 Å². The molecule has 1 heterocycles. The lowest BCUT2D eigenvalue weighted by atomic mass is 10.2. The Balaban J connectivity index is 2.48. The van der Waals surface area contributed by atoms with Gasteiger partial charge in [0.1, 0.15) is 5.69 Å². The van der Waals surface area contributed by atoms with Crippen LogP contribution in [-0.2, 0) is 6.54 Å². The molecule has 2 aromatic rings. The summed E-state index contributed by atoms with van der Waals surface area (Å²) in [5.74, 6) is -1.23. The van der Waals surface area contributed by atoms with Crippen molar-refractivity contribution in [2.45, 2.75) is 13.5 Å². The van der Waals surface area contributed by atoms with Crippen LogP contribution in [0.25, 0.3) is 5.69 Å². The second-order valence-corrected chi connectivity index (χ2v) is 3.90. The molecule has 0 aliphatic rings. The highest BCUT2D eigenvalue weighted by molar-refractivity contribution is 5.38. The Morgan fingerprint density at radius 3 is 2.41 bits per heavy atom. The molecule has 0 bridgehead atoms. The van der Waals surface area contributed by atoms with Crippen molar-refractivity contribution in [2.75, 3.05) is 7.05 Å². The molecular formula is C12H13F2N3. The number of nitrogens with zero attached hydrogens (tertiary/aromatic N) is 2. The summed E-state index contributed by atoms with van der Waals surface area (Å²) in [4.78, 5) is 0. The minimum Gasteiger partial charge on any atom is -0.316 e. The Morgan fingerprint density at radius 2 is 1.94 bits per heavy atom. The maximum Gasteiger partial charge on any atom is 0.152 e. The zero-order valence-corrected chi connectivity index (χ0v) is 9.67. The van der Waals surface area contributed by atoms with Crippen LogP contribution >= 0.6 is 0 Å². The van der Waals surface area contributed by atoms with Gasteiger partial charge < -0.3 is 5.32 Å². The van der Waals surface area contributed by atoms with Crippen LogP contribution in [0, 0.1) is 18.6 Å². The lowest BCUT2D eigenvalue weighted by Gasteiger charge is -2.07. The van der Waals surface area contributed by atoms with E-state index in [-0.39, 0.29) is 5.69 Å². The topological polar surface area (TPSA) is 29.9 Å². The quantitative estimate of drug-likeness (QED) is 0.886. The molecule has 0 spiro atoms.